The molecule has 0 aliphatic carbocycles. The molecule has 0 aromatic carbocycles. The number of nitrogens with one attached hydrogen (secondary N) is 1. The van der Waals surface area contributed by atoms with Crippen molar-refractivity contribution in [3.05, 3.63) is 18.3 Å². The molecule has 0 aliphatic rings. The molecule has 0 amide bonds. The van der Waals surface area contributed by atoms with Crippen LogP contribution in [0.3, 0.4) is 0 Å². The van der Waals surface area contributed by atoms with Crippen LogP contribution in [0.1, 0.15) is 13.8 Å². The summed E-state index contributed by atoms with van der Waals surface area (Å²) in [5, 5.41) is 0. The molecule has 6 heteroatoms. The number of hydrogen-bond acceptors (Lipinski definition) is 4. The van der Waals surface area contributed by atoms with E-state index >= 15 is 0 Å². The minimum absolute atomic E-state index is 0.182. The molecule has 0 unspecified atom stereocenters. The van der Waals surface area contributed by atoms with Crippen molar-refractivity contribution in [1.29, 1.82) is 0 Å². The van der Waals surface area contributed by atoms with E-state index in [2.05, 4.69) is 23.6 Å². The molecule has 1 rings (SSSR count). The molecule has 0 saturated heterocycles. The third-order valence-corrected chi connectivity index (χ3v) is 3.73. The fourth-order valence-corrected chi connectivity index (χ4v) is 2.19. The van der Waals surface area contributed by atoms with Crippen LogP contribution in [0, 0.1) is 5.92 Å². The minimum Gasteiger partial charge on any atom is -0.359 e. The Labute approximate surface area is 103 Å². The van der Waals surface area contributed by atoms with Crippen LogP contribution in [0.25, 0.3) is 0 Å². The van der Waals surface area contributed by atoms with E-state index in [1.807, 2.05) is 11.9 Å². The monoisotopic (exact) mass is 257 g/mol. The summed E-state index contributed by atoms with van der Waals surface area (Å²) >= 11 is 0. The summed E-state index contributed by atoms with van der Waals surface area (Å²) in [6.45, 7) is 5.12. The average molecular weight is 257 g/mol. The first kappa shape index (κ1) is 13.9. The summed E-state index contributed by atoms with van der Waals surface area (Å²) in [7, 11) is -0.0726. The molecule has 1 aromatic rings. The molecular weight excluding hydrogens is 238 g/mol. The van der Waals surface area contributed by atoms with Gasteiger partial charge in [-0.25, -0.2) is 18.1 Å². The molecule has 0 spiro atoms. The van der Waals surface area contributed by atoms with Gasteiger partial charge in [-0.05, 0) is 25.1 Å². The Hall–Kier alpha value is -1.14. The molecule has 96 valence electrons. The summed E-state index contributed by atoms with van der Waals surface area (Å²) in [5.74, 6) is 1.30. The van der Waals surface area contributed by atoms with Crippen LogP contribution in [0.4, 0.5) is 5.82 Å². The number of sulfonamides is 1. The molecule has 0 aliphatic heterocycles. The van der Waals surface area contributed by atoms with Gasteiger partial charge in [0.15, 0.2) is 0 Å². The van der Waals surface area contributed by atoms with Gasteiger partial charge in [0.25, 0.3) is 0 Å². The maximum Gasteiger partial charge on any atom is 0.241 e. The second-order valence-electron chi connectivity index (χ2n) is 4.33. The third kappa shape index (κ3) is 3.67. The molecule has 0 saturated carbocycles. The topological polar surface area (TPSA) is 62.3 Å². The second kappa shape index (κ2) is 5.46. The fourth-order valence-electron chi connectivity index (χ4n) is 1.52. The third-order valence-electron chi connectivity index (χ3n) is 2.33. The van der Waals surface area contributed by atoms with Crippen LogP contribution < -0.4 is 9.62 Å². The molecule has 0 radical (unpaired) electrons. The van der Waals surface area contributed by atoms with Crippen LogP contribution >= 0.6 is 0 Å². The van der Waals surface area contributed by atoms with Crippen molar-refractivity contribution in [3.8, 4) is 0 Å². The van der Waals surface area contributed by atoms with Crippen molar-refractivity contribution in [2.75, 3.05) is 25.5 Å². The standard InChI is InChI=1S/C11H19N3O2S/c1-9(2)8-14(4)11-6-5-10(7-13-11)17(15,16)12-3/h5-7,9,12H,8H2,1-4H3. The Balaban J connectivity index is 2.89. The van der Waals surface area contributed by atoms with Gasteiger partial charge in [-0.2, -0.15) is 0 Å². The van der Waals surface area contributed by atoms with E-state index in [1.165, 1.54) is 13.2 Å². The van der Waals surface area contributed by atoms with Gasteiger partial charge in [0, 0.05) is 19.8 Å². The van der Waals surface area contributed by atoms with Crippen molar-refractivity contribution in [3.63, 3.8) is 0 Å². The first-order chi connectivity index (χ1) is 7.86. The number of pyridine rings is 1. The lowest BCUT2D eigenvalue weighted by Gasteiger charge is -2.20. The van der Waals surface area contributed by atoms with Gasteiger partial charge in [0.05, 0.1) is 0 Å². The maximum atomic E-state index is 11.5. The molecule has 1 heterocycles. The van der Waals surface area contributed by atoms with Crippen molar-refractivity contribution < 1.29 is 8.42 Å². The number of nitrogens with zero attached hydrogens (tertiary/aromatic N) is 2. The molecule has 1 N–H and O–H groups in total. The van der Waals surface area contributed by atoms with Gasteiger partial charge in [-0.1, -0.05) is 13.8 Å². The van der Waals surface area contributed by atoms with E-state index in [9.17, 15) is 8.42 Å². The minimum atomic E-state index is -3.39. The van der Waals surface area contributed by atoms with Crippen molar-refractivity contribution in [2.24, 2.45) is 5.92 Å². The SMILES string of the molecule is CNS(=O)(=O)c1ccc(N(C)CC(C)C)nc1. The van der Waals surface area contributed by atoms with E-state index < -0.39 is 10.0 Å². The zero-order valence-electron chi connectivity index (χ0n) is 10.6. The largest absolute Gasteiger partial charge is 0.359 e. The molecule has 0 atom stereocenters. The van der Waals surface area contributed by atoms with Gasteiger partial charge in [0.1, 0.15) is 10.7 Å². The first-order valence-corrected chi connectivity index (χ1v) is 6.96. The molecule has 0 fully saturated rings. The Bertz CT molecular complexity index is 454. The second-order valence-corrected chi connectivity index (χ2v) is 6.22. The lowest BCUT2D eigenvalue weighted by atomic mass is 10.2. The number of rotatable bonds is 5. The first-order valence-electron chi connectivity index (χ1n) is 5.47. The van der Waals surface area contributed by atoms with E-state index in [-0.39, 0.29) is 4.90 Å². The predicted molar refractivity (Wildman–Crippen MR) is 68.6 cm³/mol. The zero-order valence-corrected chi connectivity index (χ0v) is 11.5. The quantitative estimate of drug-likeness (QED) is 0.857. The summed E-state index contributed by atoms with van der Waals surface area (Å²) in [6.07, 6.45) is 1.37. The van der Waals surface area contributed by atoms with Crippen molar-refractivity contribution >= 4 is 15.8 Å². The smallest absolute Gasteiger partial charge is 0.241 e. The highest BCUT2D eigenvalue weighted by molar-refractivity contribution is 7.89. The molecule has 5 nitrogen and oxygen atoms in total. The highest BCUT2D eigenvalue weighted by atomic mass is 32.2. The highest BCUT2D eigenvalue weighted by Gasteiger charge is 2.12. The number of hydrogen-bond donors (Lipinski definition) is 1. The lowest BCUT2D eigenvalue weighted by molar-refractivity contribution is 0.587. The normalized spacial score (nSPS) is 11.8. The van der Waals surface area contributed by atoms with Gasteiger partial charge < -0.3 is 4.90 Å². The van der Waals surface area contributed by atoms with Crippen molar-refractivity contribution in [1.82, 2.24) is 9.71 Å². The van der Waals surface area contributed by atoms with Crippen LogP contribution in [0.5, 0.6) is 0 Å². The molecule has 0 bridgehead atoms. The van der Waals surface area contributed by atoms with Crippen LogP contribution in [0.15, 0.2) is 23.2 Å². The lowest BCUT2D eigenvalue weighted by Crippen LogP contribution is -2.24. The Morgan fingerprint density at radius 1 is 1.41 bits per heavy atom. The van der Waals surface area contributed by atoms with Gasteiger partial charge in [-0.3, -0.25) is 0 Å². The van der Waals surface area contributed by atoms with E-state index in [1.54, 1.807) is 12.1 Å². The van der Waals surface area contributed by atoms with Crippen LogP contribution in [-0.2, 0) is 10.0 Å². The zero-order chi connectivity index (χ0) is 13.1. The summed E-state index contributed by atoms with van der Waals surface area (Å²) in [6, 6.07) is 3.28. The number of aromatic nitrogens is 1. The average Bonchev–Trinajstić information content (AvgIpc) is 2.28. The van der Waals surface area contributed by atoms with E-state index in [0.29, 0.717) is 5.92 Å². The van der Waals surface area contributed by atoms with Gasteiger partial charge >= 0.3 is 0 Å². The fraction of sp³-hybridized carbons (Fsp3) is 0.545. The number of anilines is 1. The van der Waals surface area contributed by atoms with Crippen LogP contribution in [-0.4, -0.2) is 34.0 Å². The van der Waals surface area contributed by atoms with E-state index in [4.69, 9.17) is 0 Å². The Kier molecular flexibility index (Phi) is 4.47. The van der Waals surface area contributed by atoms with Crippen molar-refractivity contribution in [2.45, 2.75) is 18.7 Å². The summed E-state index contributed by atoms with van der Waals surface area (Å²) < 4.78 is 25.2. The highest BCUT2D eigenvalue weighted by Crippen LogP contribution is 2.14. The summed E-state index contributed by atoms with van der Waals surface area (Å²) in [4.78, 5) is 6.34. The van der Waals surface area contributed by atoms with E-state index in [0.717, 1.165) is 12.4 Å². The Morgan fingerprint density at radius 2 is 2.06 bits per heavy atom. The maximum absolute atomic E-state index is 11.5. The van der Waals surface area contributed by atoms with Gasteiger partial charge in [-0.15, -0.1) is 0 Å². The predicted octanol–water partition coefficient (Wildman–Crippen LogP) is 1.08. The van der Waals surface area contributed by atoms with Crippen LogP contribution in [0.2, 0.25) is 0 Å². The summed E-state index contributed by atoms with van der Waals surface area (Å²) in [5.41, 5.74) is 0. The Morgan fingerprint density at radius 3 is 2.47 bits per heavy atom. The molecule has 17 heavy (non-hydrogen) atoms. The van der Waals surface area contributed by atoms with Gasteiger partial charge in [0.2, 0.25) is 10.0 Å². The molecular formula is C11H19N3O2S. The molecule has 1 aromatic heterocycles.